The number of hydrogen-bond acceptors (Lipinski definition) is 4. The van der Waals surface area contributed by atoms with Crippen molar-refractivity contribution in [2.75, 3.05) is 26.2 Å². The van der Waals surface area contributed by atoms with Crippen molar-refractivity contribution in [2.45, 2.75) is 32.7 Å². The first-order valence-corrected chi connectivity index (χ1v) is 9.71. The van der Waals surface area contributed by atoms with Gasteiger partial charge in [-0.25, -0.2) is 5.48 Å². The average molecular weight is 355 g/mol. The monoisotopic (exact) mass is 355 g/mol. The summed E-state index contributed by atoms with van der Waals surface area (Å²) in [7, 11) is 0. The Morgan fingerprint density at radius 3 is 2.69 bits per heavy atom. The Hall–Kier alpha value is -1.85. The molecule has 5 atom stereocenters. The highest BCUT2D eigenvalue weighted by Crippen LogP contribution is 2.64. The van der Waals surface area contributed by atoms with E-state index in [1.807, 2.05) is 23.7 Å². The second-order valence-corrected chi connectivity index (χ2v) is 8.27. The number of rotatable bonds is 4. The van der Waals surface area contributed by atoms with E-state index in [2.05, 4.69) is 48.8 Å². The first kappa shape index (κ1) is 17.6. The van der Waals surface area contributed by atoms with Crippen LogP contribution in [0.3, 0.4) is 0 Å². The second-order valence-electron chi connectivity index (χ2n) is 8.27. The minimum absolute atomic E-state index is 0.0506. The summed E-state index contributed by atoms with van der Waals surface area (Å²) in [6.45, 7) is 11.0. The molecule has 1 saturated carbocycles. The molecule has 1 amide bonds. The first-order valence-electron chi connectivity index (χ1n) is 9.71. The molecule has 1 aromatic rings. The molecule has 2 aliphatic heterocycles. The van der Waals surface area contributed by atoms with Crippen LogP contribution in [0.15, 0.2) is 42.1 Å². The second kappa shape index (κ2) is 6.39. The molecule has 1 unspecified atom stereocenters. The molecule has 5 nitrogen and oxygen atoms in total. The maximum Gasteiger partial charge on any atom is 0.247 e. The van der Waals surface area contributed by atoms with E-state index >= 15 is 0 Å². The van der Waals surface area contributed by atoms with E-state index in [-0.39, 0.29) is 29.1 Å². The van der Waals surface area contributed by atoms with Crippen LogP contribution in [0, 0.1) is 17.3 Å². The molecule has 1 saturated heterocycles. The molecule has 26 heavy (non-hydrogen) atoms. The Labute approximate surface area is 155 Å². The highest BCUT2D eigenvalue weighted by molar-refractivity contribution is 5.83. The van der Waals surface area contributed by atoms with Gasteiger partial charge in [-0.3, -0.25) is 14.9 Å². The lowest BCUT2D eigenvalue weighted by atomic mass is 9.83. The molecule has 0 aromatic heterocycles. The van der Waals surface area contributed by atoms with Crippen LogP contribution >= 0.6 is 0 Å². The van der Waals surface area contributed by atoms with Gasteiger partial charge in [0.05, 0.1) is 5.92 Å². The molecular formula is C21H29N3O2. The molecule has 1 aromatic carbocycles. The molecule has 4 rings (SSSR count). The molecule has 3 aliphatic rings. The molecule has 5 heteroatoms. The van der Waals surface area contributed by atoms with Crippen molar-refractivity contribution >= 4 is 5.91 Å². The van der Waals surface area contributed by atoms with E-state index in [1.165, 1.54) is 11.3 Å². The minimum Gasteiger partial charge on any atom is -0.372 e. The summed E-state index contributed by atoms with van der Waals surface area (Å²) in [6, 6.07) is 10.7. The van der Waals surface area contributed by atoms with Crippen LogP contribution in [0.4, 0.5) is 0 Å². The number of carbonyl (C=O) groups excluding carboxylic acids is 1. The minimum atomic E-state index is -0.253. The molecule has 2 heterocycles. The van der Waals surface area contributed by atoms with Crippen LogP contribution < -0.4 is 5.48 Å². The number of hydrogen-bond donors (Lipinski definition) is 2. The smallest absolute Gasteiger partial charge is 0.247 e. The molecule has 2 N–H and O–H groups in total. The number of amides is 1. The lowest BCUT2D eigenvalue weighted by Crippen LogP contribution is -2.49. The summed E-state index contributed by atoms with van der Waals surface area (Å²) in [5, 5.41) is 9.24. The van der Waals surface area contributed by atoms with Crippen molar-refractivity contribution in [3.63, 3.8) is 0 Å². The third-order valence-corrected chi connectivity index (χ3v) is 6.79. The zero-order chi connectivity index (χ0) is 18.5. The molecule has 0 spiro atoms. The summed E-state index contributed by atoms with van der Waals surface area (Å²) >= 11 is 0. The largest absolute Gasteiger partial charge is 0.372 e. The van der Waals surface area contributed by atoms with E-state index in [4.69, 9.17) is 0 Å². The van der Waals surface area contributed by atoms with Gasteiger partial charge in [-0.15, -0.1) is 0 Å². The van der Waals surface area contributed by atoms with Gasteiger partial charge in [-0.2, -0.15) is 0 Å². The van der Waals surface area contributed by atoms with Crippen LogP contribution in [0.25, 0.3) is 0 Å². The van der Waals surface area contributed by atoms with Crippen molar-refractivity contribution in [3.05, 3.63) is 47.7 Å². The lowest BCUT2D eigenvalue weighted by Gasteiger charge is -2.40. The van der Waals surface area contributed by atoms with E-state index in [1.54, 1.807) is 0 Å². The predicted octanol–water partition coefficient (Wildman–Crippen LogP) is 2.45. The molecule has 0 radical (unpaired) electrons. The SMILES string of the molecule is CCN1CCN2C[C@@](C)([C@H]3[C@H](C(=O)NO)[C@@H]3c3ccccc3)C=C2C1C. The number of fused-ring (bicyclic) bond motifs is 1. The number of hydroxylamine groups is 1. The quantitative estimate of drug-likeness (QED) is 0.643. The van der Waals surface area contributed by atoms with Crippen LogP contribution in [-0.4, -0.2) is 53.1 Å². The van der Waals surface area contributed by atoms with Crippen LogP contribution in [0.1, 0.15) is 32.3 Å². The zero-order valence-electron chi connectivity index (χ0n) is 15.9. The van der Waals surface area contributed by atoms with Gasteiger partial charge in [0.2, 0.25) is 5.91 Å². The summed E-state index contributed by atoms with van der Waals surface area (Å²) in [6.07, 6.45) is 2.42. The van der Waals surface area contributed by atoms with Crippen molar-refractivity contribution in [2.24, 2.45) is 17.3 Å². The Morgan fingerprint density at radius 1 is 1.31 bits per heavy atom. The normalized spacial score (nSPS) is 36.5. The molecule has 0 bridgehead atoms. The zero-order valence-corrected chi connectivity index (χ0v) is 15.9. The summed E-state index contributed by atoms with van der Waals surface area (Å²) < 4.78 is 0. The van der Waals surface area contributed by atoms with E-state index < -0.39 is 0 Å². The number of nitrogens with zero attached hydrogens (tertiary/aromatic N) is 2. The highest BCUT2D eigenvalue weighted by Gasteiger charge is 2.64. The lowest BCUT2D eigenvalue weighted by molar-refractivity contribution is -0.131. The van der Waals surface area contributed by atoms with Gasteiger partial charge in [-0.1, -0.05) is 50.3 Å². The standard InChI is InChI=1S/C21H29N3O2/c1-4-23-10-11-24-13-21(3,12-16(24)14(23)2)19-17(18(19)20(25)22-26)15-8-6-5-7-9-15/h5-9,12,14,17-19,26H,4,10-11,13H2,1-3H3,(H,22,25)/t14?,17-,18+,19+,21-/m0/s1. The van der Waals surface area contributed by atoms with E-state index in [9.17, 15) is 10.0 Å². The number of nitrogens with one attached hydrogen (secondary N) is 1. The number of carbonyl (C=O) groups is 1. The molecule has 2 fully saturated rings. The summed E-state index contributed by atoms with van der Waals surface area (Å²) in [5.41, 5.74) is 4.45. The van der Waals surface area contributed by atoms with E-state index in [0.29, 0.717) is 6.04 Å². The van der Waals surface area contributed by atoms with Gasteiger partial charge in [0.25, 0.3) is 0 Å². The fourth-order valence-corrected chi connectivity index (χ4v) is 5.46. The fraction of sp³-hybridized carbons (Fsp3) is 0.571. The van der Waals surface area contributed by atoms with Gasteiger partial charge in [0, 0.05) is 42.7 Å². The Kier molecular flexibility index (Phi) is 4.32. The maximum absolute atomic E-state index is 12.3. The molecule has 140 valence electrons. The Balaban J connectivity index is 1.64. The van der Waals surface area contributed by atoms with Crippen LogP contribution in [-0.2, 0) is 4.79 Å². The maximum atomic E-state index is 12.3. The third kappa shape index (κ3) is 2.65. The predicted molar refractivity (Wildman–Crippen MR) is 101 cm³/mol. The first-order chi connectivity index (χ1) is 12.5. The fourth-order valence-electron chi connectivity index (χ4n) is 5.46. The van der Waals surface area contributed by atoms with E-state index in [0.717, 1.165) is 26.2 Å². The van der Waals surface area contributed by atoms with Gasteiger partial charge in [0.1, 0.15) is 0 Å². The average Bonchev–Trinajstić information content (AvgIpc) is 3.32. The van der Waals surface area contributed by atoms with Crippen molar-refractivity contribution in [1.29, 1.82) is 0 Å². The summed E-state index contributed by atoms with van der Waals surface area (Å²) in [5.74, 6) is -0.0265. The number of benzene rings is 1. The highest BCUT2D eigenvalue weighted by atomic mass is 16.5. The van der Waals surface area contributed by atoms with Crippen molar-refractivity contribution < 1.29 is 10.0 Å². The van der Waals surface area contributed by atoms with Gasteiger partial charge >= 0.3 is 0 Å². The van der Waals surface area contributed by atoms with Crippen molar-refractivity contribution in [1.82, 2.24) is 15.3 Å². The van der Waals surface area contributed by atoms with Gasteiger partial charge in [0.15, 0.2) is 0 Å². The molecular weight excluding hydrogens is 326 g/mol. The van der Waals surface area contributed by atoms with Crippen LogP contribution in [0.2, 0.25) is 0 Å². The number of piperazine rings is 1. The Morgan fingerprint density at radius 2 is 2.04 bits per heavy atom. The van der Waals surface area contributed by atoms with Crippen LogP contribution in [0.5, 0.6) is 0 Å². The van der Waals surface area contributed by atoms with Gasteiger partial charge in [-0.05, 0) is 24.9 Å². The topological polar surface area (TPSA) is 55.8 Å². The Bertz CT molecular complexity index is 719. The molecule has 1 aliphatic carbocycles. The number of likely N-dealkylation sites (N-methyl/N-ethyl adjacent to an activating group) is 1. The van der Waals surface area contributed by atoms with Crippen molar-refractivity contribution in [3.8, 4) is 0 Å². The third-order valence-electron chi connectivity index (χ3n) is 6.79. The van der Waals surface area contributed by atoms with Gasteiger partial charge < -0.3 is 4.90 Å². The summed E-state index contributed by atoms with van der Waals surface area (Å²) in [4.78, 5) is 17.4.